The van der Waals surface area contributed by atoms with Gasteiger partial charge in [0.2, 0.25) is 0 Å². The molecular formula is C25H23N3O4Se. The predicted molar refractivity (Wildman–Crippen MR) is 127 cm³/mol. The number of rotatable bonds is 5. The van der Waals surface area contributed by atoms with Gasteiger partial charge in [0.25, 0.3) is 0 Å². The number of hydrogen-bond acceptors (Lipinski definition) is 5. The summed E-state index contributed by atoms with van der Waals surface area (Å²) in [7, 11) is 0. The molecule has 2 aliphatic rings. The van der Waals surface area contributed by atoms with Crippen molar-refractivity contribution in [2.45, 2.75) is 31.1 Å². The van der Waals surface area contributed by atoms with E-state index >= 15 is 0 Å². The summed E-state index contributed by atoms with van der Waals surface area (Å²) < 4.78 is 8.83. The normalized spacial score (nSPS) is 18.8. The fraction of sp³-hybridized carbons (Fsp3) is 0.200. The Morgan fingerprint density at radius 2 is 1.79 bits per heavy atom. The average molecular weight is 508 g/mol. The van der Waals surface area contributed by atoms with Gasteiger partial charge < -0.3 is 0 Å². The van der Waals surface area contributed by atoms with E-state index in [0.717, 1.165) is 31.2 Å². The van der Waals surface area contributed by atoms with E-state index in [1.54, 1.807) is 0 Å². The van der Waals surface area contributed by atoms with E-state index in [1.165, 1.54) is 0 Å². The average Bonchev–Trinajstić information content (AvgIpc) is 3.17. The third-order valence-corrected chi connectivity index (χ3v) is 8.43. The van der Waals surface area contributed by atoms with Crippen LogP contribution in [-0.2, 0) is 26.5 Å². The topological polar surface area (TPSA) is 128 Å². The molecular weight excluding hydrogens is 485 g/mol. The van der Waals surface area contributed by atoms with Gasteiger partial charge in [0, 0.05) is 0 Å². The molecule has 1 spiro atoms. The standard InChI is InChI=1S/C25H23N3O4Se/c26-15-5-7-18-21(11-15)33-22-12-16(28-23(29)10-9-20(27)24(30)31)6-8-19(22)25(18)17-4-2-1-3-14(17)13-32-25/h1-8,11-12,20H,9-10,13,26-27H2,(H,28,29)(H,30,31)/t20-,25?/m1/s1. The quantitative estimate of drug-likeness (QED) is 0.303. The van der Waals surface area contributed by atoms with Gasteiger partial charge in [0.1, 0.15) is 0 Å². The first-order valence-corrected chi connectivity index (χ1v) is 12.3. The minimum atomic E-state index is -1.11. The van der Waals surface area contributed by atoms with Crippen molar-refractivity contribution in [1.82, 2.24) is 0 Å². The Morgan fingerprint density at radius 3 is 2.58 bits per heavy atom. The van der Waals surface area contributed by atoms with Gasteiger partial charge in [0.15, 0.2) is 0 Å². The monoisotopic (exact) mass is 509 g/mol. The van der Waals surface area contributed by atoms with Crippen LogP contribution < -0.4 is 25.7 Å². The van der Waals surface area contributed by atoms with E-state index in [0.29, 0.717) is 18.0 Å². The third kappa shape index (κ3) is 3.71. The van der Waals surface area contributed by atoms with Crippen LogP contribution in [0.25, 0.3) is 0 Å². The van der Waals surface area contributed by atoms with Gasteiger partial charge in [-0.25, -0.2) is 0 Å². The number of benzene rings is 3. The summed E-state index contributed by atoms with van der Waals surface area (Å²) in [6.45, 7) is 0.523. The van der Waals surface area contributed by atoms with Crippen LogP contribution >= 0.6 is 0 Å². The van der Waals surface area contributed by atoms with Crippen LogP contribution in [0.1, 0.15) is 35.1 Å². The molecule has 7 nitrogen and oxygen atoms in total. The molecule has 168 valence electrons. The molecule has 33 heavy (non-hydrogen) atoms. The number of carboxylic acids is 1. The summed E-state index contributed by atoms with van der Waals surface area (Å²) in [4.78, 5) is 23.3. The van der Waals surface area contributed by atoms with E-state index in [1.807, 2.05) is 42.5 Å². The Hall–Kier alpha value is -3.16. The van der Waals surface area contributed by atoms with Crippen LogP contribution in [0.5, 0.6) is 0 Å². The van der Waals surface area contributed by atoms with Crippen molar-refractivity contribution < 1.29 is 19.4 Å². The minimum absolute atomic E-state index is 0.0292. The van der Waals surface area contributed by atoms with Gasteiger partial charge in [-0.15, -0.1) is 0 Å². The number of hydrogen-bond donors (Lipinski definition) is 4. The fourth-order valence-electron chi connectivity index (χ4n) is 4.49. The van der Waals surface area contributed by atoms with Crippen molar-refractivity contribution in [3.63, 3.8) is 0 Å². The van der Waals surface area contributed by atoms with E-state index in [-0.39, 0.29) is 33.7 Å². The first-order chi connectivity index (χ1) is 15.9. The van der Waals surface area contributed by atoms with Gasteiger partial charge in [-0.05, 0) is 0 Å². The third-order valence-electron chi connectivity index (χ3n) is 6.09. The number of carboxylic acid groups (broad SMARTS) is 1. The summed E-state index contributed by atoms with van der Waals surface area (Å²) >= 11 is -0.0292. The molecule has 3 aromatic rings. The second kappa shape index (κ2) is 8.32. The molecule has 2 aliphatic heterocycles. The second-order valence-corrected chi connectivity index (χ2v) is 10.5. The van der Waals surface area contributed by atoms with Gasteiger partial charge >= 0.3 is 197 Å². The molecule has 0 aromatic heterocycles. The molecule has 0 saturated heterocycles. The van der Waals surface area contributed by atoms with E-state index in [4.69, 9.17) is 21.3 Å². The van der Waals surface area contributed by atoms with Gasteiger partial charge in [-0.2, -0.15) is 0 Å². The first kappa shape index (κ1) is 21.7. The maximum absolute atomic E-state index is 12.4. The molecule has 0 saturated carbocycles. The zero-order valence-electron chi connectivity index (χ0n) is 17.7. The summed E-state index contributed by atoms with van der Waals surface area (Å²) in [5, 5.41) is 11.8. The van der Waals surface area contributed by atoms with Crippen LogP contribution in [0.2, 0.25) is 0 Å². The van der Waals surface area contributed by atoms with E-state index in [9.17, 15) is 9.59 Å². The first-order valence-electron chi connectivity index (χ1n) is 10.6. The SMILES string of the molecule is Nc1ccc2c(c1)[Se]c1cc(NC(=O)CC[C@@H](N)C(=O)O)ccc1C21OCc2ccccc21. The number of carbonyl (C=O) groups excluding carboxylic acids is 1. The fourth-order valence-corrected chi connectivity index (χ4v) is 7.13. The number of nitrogens with two attached hydrogens (primary N) is 2. The summed E-state index contributed by atoms with van der Waals surface area (Å²) in [5.74, 6) is -1.38. The number of aliphatic carboxylic acids is 1. The summed E-state index contributed by atoms with van der Waals surface area (Å²) in [5.41, 5.74) is 16.8. The van der Waals surface area contributed by atoms with E-state index < -0.39 is 17.6 Å². The number of nitrogens with one attached hydrogen (secondary N) is 1. The Balaban J connectivity index is 1.51. The number of ether oxygens (including phenoxy) is 1. The Morgan fingerprint density at radius 1 is 1.06 bits per heavy atom. The molecule has 6 N–H and O–H groups in total. The maximum atomic E-state index is 12.4. The van der Waals surface area contributed by atoms with Crippen molar-refractivity contribution in [3.05, 3.63) is 82.9 Å². The van der Waals surface area contributed by atoms with Crippen LogP contribution in [0, 0.1) is 0 Å². The molecule has 1 amide bonds. The van der Waals surface area contributed by atoms with Crippen LogP contribution in [0.3, 0.4) is 0 Å². The molecule has 3 aromatic carbocycles. The Labute approximate surface area is 197 Å². The molecule has 0 fully saturated rings. The van der Waals surface area contributed by atoms with E-state index in [2.05, 4.69) is 23.5 Å². The Kier molecular flexibility index (Phi) is 5.46. The molecule has 5 rings (SSSR count). The zero-order valence-corrected chi connectivity index (χ0v) is 19.4. The van der Waals surface area contributed by atoms with Gasteiger partial charge in [-0.1, -0.05) is 0 Å². The Bertz CT molecular complexity index is 1280. The van der Waals surface area contributed by atoms with Crippen LogP contribution in [0.4, 0.5) is 11.4 Å². The molecule has 8 heteroatoms. The van der Waals surface area contributed by atoms with Crippen molar-refractivity contribution in [2.75, 3.05) is 11.1 Å². The second-order valence-electron chi connectivity index (χ2n) is 8.23. The molecule has 0 radical (unpaired) electrons. The van der Waals surface area contributed by atoms with Crippen LogP contribution in [-0.4, -0.2) is 38.0 Å². The number of anilines is 2. The number of carbonyl (C=O) groups is 2. The molecule has 0 aliphatic carbocycles. The van der Waals surface area contributed by atoms with Gasteiger partial charge in [0.05, 0.1) is 0 Å². The van der Waals surface area contributed by atoms with Crippen molar-refractivity contribution in [3.8, 4) is 0 Å². The van der Waals surface area contributed by atoms with Crippen molar-refractivity contribution >= 4 is 47.1 Å². The number of amides is 1. The number of nitrogen functional groups attached to an aromatic ring is 1. The summed E-state index contributed by atoms with van der Waals surface area (Å²) in [6.07, 6.45) is 0.117. The van der Waals surface area contributed by atoms with Gasteiger partial charge in [-0.3, -0.25) is 0 Å². The number of fused-ring (bicyclic) bond motifs is 6. The van der Waals surface area contributed by atoms with Crippen molar-refractivity contribution in [2.24, 2.45) is 5.73 Å². The molecule has 1 unspecified atom stereocenters. The molecule has 2 heterocycles. The zero-order chi connectivity index (χ0) is 23.2. The van der Waals surface area contributed by atoms with Crippen LogP contribution in [0.15, 0.2) is 60.7 Å². The summed E-state index contributed by atoms with van der Waals surface area (Å²) in [6, 6.07) is 19.1. The van der Waals surface area contributed by atoms with Crippen molar-refractivity contribution in [1.29, 1.82) is 0 Å². The molecule has 2 atom stereocenters. The molecule has 0 bridgehead atoms. The predicted octanol–water partition coefficient (Wildman–Crippen LogP) is 1.19.